The summed E-state index contributed by atoms with van der Waals surface area (Å²) in [5.41, 5.74) is 1.95. The topological polar surface area (TPSA) is 108 Å². The summed E-state index contributed by atoms with van der Waals surface area (Å²) in [6, 6.07) is 4.33. The third-order valence-corrected chi connectivity index (χ3v) is 7.07. The average molecular weight is 396 g/mol. The lowest BCUT2D eigenvalue weighted by molar-refractivity contribution is -0.136. The number of fused-ring (bicyclic) bond motifs is 1. The monoisotopic (exact) mass is 396 g/mol. The van der Waals surface area contributed by atoms with Crippen molar-refractivity contribution in [2.45, 2.75) is 38.3 Å². The van der Waals surface area contributed by atoms with Gasteiger partial charge in [0, 0.05) is 26.1 Å². The predicted octanol–water partition coefficient (Wildman–Crippen LogP) is 0.177. The Kier molecular flexibility index (Phi) is 4.29. The van der Waals surface area contributed by atoms with E-state index in [1.54, 1.807) is 12.1 Å². The zero-order valence-electron chi connectivity index (χ0n) is 16.1. The van der Waals surface area contributed by atoms with Gasteiger partial charge in [-0.25, -0.2) is 0 Å². The van der Waals surface area contributed by atoms with Crippen molar-refractivity contribution in [3.05, 3.63) is 34.9 Å². The number of nitrogens with zero attached hydrogens (tertiary/aromatic N) is 1. The predicted molar refractivity (Wildman–Crippen MR) is 103 cm³/mol. The summed E-state index contributed by atoms with van der Waals surface area (Å²) in [6.45, 7) is 3.58. The van der Waals surface area contributed by atoms with Crippen molar-refractivity contribution in [3.8, 4) is 0 Å². The van der Waals surface area contributed by atoms with Crippen LogP contribution >= 0.6 is 0 Å². The highest BCUT2D eigenvalue weighted by Crippen LogP contribution is 2.49. The van der Waals surface area contributed by atoms with E-state index in [-0.39, 0.29) is 18.7 Å². The van der Waals surface area contributed by atoms with Crippen molar-refractivity contribution in [3.63, 3.8) is 0 Å². The van der Waals surface area contributed by atoms with E-state index in [1.807, 2.05) is 6.07 Å². The summed E-state index contributed by atoms with van der Waals surface area (Å²) in [5, 5.41) is 9.05. The second kappa shape index (κ2) is 6.74. The first-order valence-corrected chi connectivity index (χ1v) is 10.3. The molecule has 1 aromatic rings. The SMILES string of the molecule is O=C1CCC(N2C(=O)c3cccc(CNCC4CCC45CNC5)c3C2=O)C(=O)N1. The third-order valence-electron chi connectivity index (χ3n) is 7.07. The first-order valence-electron chi connectivity index (χ1n) is 10.3. The molecule has 1 aliphatic carbocycles. The molecular formula is C21H24N4O4. The Balaban J connectivity index is 1.31. The smallest absolute Gasteiger partial charge is 0.262 e. The number of rotatable bonds is 5. The van der Waals surface area contributed by atoms with E-state index < -0.39 is 23.8 Å². The van der Waals surface area contributed by atoms with Crippen molar-refractivity contribution in [1.29, 1.82) is 0 Å². The standard InChI is InChI=1S/C21H24N4O4/c26-16-5-4-15(18(27)24-16)25-19(28)14-3-1-2-12(17(14)20(25)29)8-22-9-13-6-7-21(13)10-23-11-21/h1-3,13,15,22-23H,4-11H2,(H,24,26,27). The second-order valence-electron chi connectivity index (χ2n) is 8.62. The highest BCUT2D eigenvalue weighted by molar-refractivity contribution is 6.24. The van der Waals surface area contributed by atoms with Crippen molar-refractivity contribution in [2.75, 3.05) is 19.6 Å². The minimum absolute atomic E-state index is 0.121. The Morgan fingerprint density at radius 3 is 2.59 bits per heavy atom. The van der Waals surface area contributed by atoms with Crippen molar-refractivity contribution in [2.24, 2.45) is 11.3 Å². The Morgan fingerprint density at radius 1 is 1.10 bits per heavy atom. The van der Waals surface area contributed by atoms with Crippen LogP contribution in [0.1, 0.15) is 52.0 Å². The maximum Gasteiger partial charge on any atom is 0.262 e. The summed E-state index contributed by atoms with van der Waals surface area (Å²) >= 11 is 0. The molecule has 1 spiro atoms. The maximum atomic E-state index is 13.1. The number of benzene rings is 1. The van der Waals surface area contributed by atoms with Crippen LogP contribution < -0.4 is 16.0 Å². The van der Waals surface area contributed by atoms with E-state index in [0.29, 0.717) is 29.0 Å². The van der Waals surface area contributed by atoms with Crippen LogP contribution in [0.3, 0.4) is 0 Å². The van der Waals surface area contributed by atoms with Gasteiger partial charge in [0.15, 0.2) is 0 Å². The number of piperidine rings is 1. The van der Waals surface area contributed by atoms with Gasteiger partial charge in [-0.15, -0.1) is 0 Å². The van der Waals surface area contributed by atoms with Crippen LogP contribution in [0.2, 0.25) is 0 Å². The molecule has 0 radical (unpaired) electrons. The van der Waals surface area contributed by atoms with Gasteiger partial charge in [-0.2, -0.15) is 0 Å². The van der Waals surface area contributed by atoms with Crippen molar-refractivity contribution < 1.29 is 19.2 Å². The largest absolute Gasteiger partial charge is 0.316 e. The highest BCUT2D eigenvalue weighted by Gasteiger charge is 2.50. The molecule has 3 heterocycles. The van der Waals surface area contributed by atoms with Gasteiger partial charge in [0.2, 0.25) is 11.8 Å². The van der Waals surface area contributed by atoms with Gasteiger partial charge in [0.25, 0.3) is 11.8 Å². The molecule has 152 valence electrons. The second-order valence-corrected chi connectivity index (χ2v) is 8.62. The number of hydrogen-bond acceptors (Lipinski definition) is 6. The molecule has 4 aliphatic rings. The molecule has 5 rings (SSSR count). The minimum Gasteiger partial charge on any atom is -0.316 e. The molecule has 2 saturated heterocycles. The van der Waals surface area contributed by atoms with Crippen molar-refractivity contribution >= 4 is 23.6 Å². The lowest BCUT2D eigenvalue weighted by atomic mass is 9.56. The van der Waals surface area contributed by atoms with E-state index in [9.17, 15) is 19.2 Å². The molecule has 8 heteroatoms. The van der Waals surface area contributed by atoms with Gasteiger partial charge < -0.3 is 10.6 Å². The molecule has 2 unspecified atom stereocenters. The van der Waals surface area contributed by atoms with Gasteiger partial charge in [-0.3, -0.25) is 29.4 Å². The zero-order valence-corrected chi connectivity index (χ0v) is 16.1. The molecule has 0 aromatic heterocycles. The molecule has 29 heavy (non-hydrogen) atoms. The number of imide groups is 2. The van der Waals surface area contributed by atoms with Crippen LogP contribution in [0.25, 0.3) is 0 Å². The number of carbonyl (C=O) groups is 4. The Bertz CT molecular complexity index is 918. The fraction of sp³-hybridized carbons (Fsp3) is 0.524. The highest BCUT2D eigenvalue weighted by atomic mass is 16.2. The first kappa shape index (κ1) is 18.4. The van der Waals surface area contributed by atoms with Gasteiger partial charge in [-0.05, 0) is 48.8 Å². The zero-order chi connectivity index (χ0) is 20.2. The van der Waals surface area contributed by atoms with Crippen LogP contribution in [0.5, 0.6) is 0 Å². The van der Waals surface area contributed by atoms with Gasteiger partial charge in [0.1, 0.15) is 6.04 Å². The van der Waals surface area contributed by atoms with Crippen LogP contribution in [-0.4, -0.2) is 54.2 Å². The van der Waals surface area contributed by atoms with Gasteiger partial charge >= 0.3 is 0 Å². The van der Waals surface area contributed by atoms with Crippen LogP contribution in [-0.2, 0) is 16.1 Å². The summed E-state index contributed by atoms with van der Waals surface area (Å²) in [7, 11) is 0. The minimum atomic E-state index is -0.929. The molecular weight excluding hydrogens is 372 g/mol. The fourth-order valence-electron chi connectivity index (χ4n) is 5.10. The lowest BCUT2D eigenvalue weighted by Crippen LogP contribution is -2.64. The van der Waals surface area contributed by atoms with Gasteiger partial charge in [0.05, 0.1) is 11.1 Å². The summed E-state index contributed by atoms with van der Waals surface area (Å²) in [6.07, 6.45) is 2.79. The van der Waals surface area contributed by atoms with E-state index in [1.165, 1.54) is 12.8 Å². The van der Waals surface area contributed by atoms with E-state index in [4.69, 9.17) is 0 Å². The van der Waals surface area contributed by atoms with E-state index in [2.05, 4.69) is 16.0 Å². The molecule has 3 N–H and O–H groups in total. The van der Waals surface area contributed by atoms with Crippen molar-refractivity contribution in [1.82, 2.24) is 20.9 Å². The maximum absolute atomic E-state index is 13.1. The average Bonchev–Trinajstić information content (AvgIpc) is 2.89. The van der Waals surface area contributed by atoms with Crippen LogP contribution in [0.4, 0.5) is 0 Å². The molecule has 1 aromatic carbocycles. The molecule has 2 atom stereocenters. The fourth-order valence-corrected chi connectivity index (χ4v) is 5.10. The molecule has 3 aliphatic heterocycles. The quantitative estimate of drug-likeness (QED) is 0.613. The molecule has 1 saturated carbocycles. The Morgan fingerprint density at radius 2 is 1.93 bits per heavy atom. The number of nitrogens with one attached hydrogen (secondary N) is 3. The molecule has 8 nitrogen and oxygen atoms in total. The summed E-state index contributed by atoms with van der Waals surface area (Å²) in [5.74, 6) is -1.21. The van der Waals surface area contributed by atoms with E-state index in [0.717, 1.165) is 30.1 Å². The van der Waals surface area contributed by atoms with Crippen LogP contribution in [0, 0.1) is 11.3 Å². The lowest BCUT2D eigenvalue weighted by Gasteiger charge is -2.56. The van der Waals surface area contributed by atoms with Gasteiger partial charge in [-0.1, -0.05) is 12.1 Å². The third kappa shape index (κ3) is 2.81. The number of carbonyl (C=O) groups excluding carboxylic acids is 4. The Labute approximate surface area is 168 Å². The van der Waals surface area contributed by atoms with E-state index >= 15 is 0 Å². The molecule has 3 fully saturated rings. The number of amides is 4. The molecule has 0 bridgehead atoms. The van der Waals surface area contributed by atoms with Crippen LogP contribution in [0.15, 0.2) is 18.2 Å². The number of hydrogen-bond donors (Lipinski definition) is 3. The Hall–Kier alpha value is -2.58. The molecule has 4 amide bonds. The first-order chi connectivity index (χ1) is 14.0. The summed E-state index contributed by atoms with van der Waals surface area (Å²) < 4.78 is 0. The summed E-state index contributed by atoms with van der Waals surface area (Å²) in [4.78, 5) is 50.6. The normalized spacial score (nSPS) is 27.5.